The molecule has 0 saturated carbocycles. The van der Waals surface area contributed by atoms with Crippen LogP contribution in [0.3, 0.4) is 0 Å². The average molecular weight is 369 g/mol. The fraction of sp³-hybridized carbons (Fsp3) is 0.333. The summed E-state index contributed by atoms with van der Waals surface area (Å²) in [5.74, 6) is 0. The maximum Gasteiger partial charge on any atom is 0.417 e. The summed E-state index contributed by atoms with van der Waals surface area (Å²) in [6, 6.07) is 0.880. The quantitative estimate of drug-likeness (QED) is 0.705. The molecule has 0 bridgehead atoms. The predicted octanol–water partition coefficient (Wildman–Crippen LogP) is 3.20. The van der Waals surface area contributed by atoms with Gasteiger partial charge >= 0.3 is 6.18 Å². The molecule has 3 aromatic rings. The van der Waals surface area contributed by atoms with Crippen molar-refractivity contribution in [1.82, 2.24) is 24.3 Å². The summed E-state index contributed by atoms with van der Waals surface area (Å²) in [5.41, 5.74) is -0.836. The van der Waals surface area contributed by atoms with Crippen molar-refractivity contribution in [2.45, 2.75) is 26.6 Å². The average Bonchev–Trinajstić information content (AvgIpc) is 2.91. The predicted molar refractivity (Wildman–Crippen MR) is 88.8 cm³/mol. The van der Waals surface area contributed by atoms with Gasteiger partial charge in [0.25, 0.3) is 5.56 Å². The molecule has 0 spiro atoms. The Morgan fingerprint density at radius 3 is 2.60 bits per heavy atom. The molecule has 132 valence electrons. The molecule has 1 N–H and O–H groups in total. The third-order valence-electron chi connectivity index (χ3n) is 4.05. The molecule has 0 atom stereocenters. The van der Waals surface area contributed by atoms with Gasteiger partial charge in [0, 0.05) is 24.8 Å². The van der Waals surface area contributed by atoms with Crippen molar-refractivity contribution in [2.75, 3.05) is 0 Å². The fourth-order valence-electron chi connectivity index (χ4n) is 2.72. The summed E-state index contributed by atoms with van der Waals surface area (Å²) in [4.78, 5) is 18.6. The number of nitrogens with one attached hydrogen (secondary N) is 1. The molecule has 0 radical (unpaired) electrons. The van der Waals surface area contributed by atoms with Gasteiger partial charge in [-0.3, -0.25) is 14.5 Å². The van der Waals surface area contributed by atoms with Gasteiger partial charge in [-0.1, -0.05) is 0 Å². The molecule has 25 heavy (non-hydrogen) atoms. The van der Waals surface area contributed by atoms with Crippen LogP contribution < -0.4 is 5.56 Å². The Bertz CT molecular complexity index is 1090. The number of nitrogens with zero attached hydrogens (tertiary/aromatic N) is 4. The van der Waals surface area contributed by atoms with Gasteiger partial charge in [-0.15, -0.1) is 0 Å². The first-order valence-corrected chi connectivity index (χ1v) is 7.80. The Morgan fingerprint density at radius 1 is 1.36 bits per heavy atom. The number of aromatic nitrogens is 5. The molecule has 0 aliphatic rings. The molecule has 3 aromatic heterocycles. The molecule has 10 heteroatoms. The zero-order valence-electron chi connectivity index (χ0n) is 13.6. The SMILES string of the molecule is CCn1ncc(-c2cc(C(F)(F)F)c3c(=O)[nH]c(=S)n(C)c3n2)c1C. The molecular formula is C15H14F3N5OS. The monoisotopic (exact) mass is 369 g/mol. The van der Waals surface area contributed by atoms with Gasteiger partial charge in [0.05, 0.1) is 22.8 Å². The lowest BCUT2D eigenvalue weighted by Gasteiger charge is -2.14. The summed E-state index contributed by atoms with van der Waals surface area (Å²) in [7, 11) is 1.46. The number of halogens is 3. The minimum Gasteiger partial charge on any atom is -0.306 e. The number of H-pyrrole nitrogens is 1. The van der Waals surface area contributed by atoms with Crippen LogP contribution in [-0.2, 0) is 19.8 Å². The van der Waals surface area contributed by atoms with Gasteiger partial charge in [-0.2, -0.15) is 18.3 Å². The minimum absolute atomic E-state index is 0.00347. The zero-order valence-corrected chi connectivity index (χ0v) is 14.4. The molecule has 3 rings (SSSR count). The van der Waals surface area contributed by atoms with Crippen LogP contribution in [0.2, 0.25) is 0 Å². The van der Waals surface area contributed by atoms with E-state index in [9.17, 15) is 18.0 Å². The van der Waals surface area contributed by atoms with Crippen LogP contribution >= 0.6 is 12.2 Å². The third kappa shape index (κ3) is 2.76. The number of aromatic amines is 1. The maximum absolute atomic E-state index is 13.6. The van der Waals surface area contributed by atoms with Crippen molar-refractivity contribution < 1.29 is 13.2 Å². The Kier molecular flexibility index (Phi) is 4.02. The highest BCUT2D eigenvalue weighted by molar-refractivity contribution is 7.71. The molecule has 0 saturated heterocycles. The van der Waals surface area contributed by atoms with E-state index in [0.29, 0.717) is 17.8 Å². The first-order valence-electron chi connectivity index (χ1n) is 7.39. The Morgan fingerprint density at radius 2 is 2.04 bits per heavy atom. The molecule has 0 aliphatic carbocycles. The number of hydrogen-bond acceptors (Lipinski definition) is 4. The number of aryl methyl sites for hydroxylation is 2. The molecular weight excluding hydrogens is 355 g/mol. The lowest BCUT2D eigenvalue weighted by Crippen LogP contribution is -2.19. The molecule has 0 amide bonds. The molecule has 0 aliphatic heterocycles. The summed E-state index contributed by atoms with van der Waals surface area (Å²) < 4.78 is 43.6. The van der Waals surface area contributed by atoms with E-state index in [1.807, 2.05) is 6.92 Å². The number of hydrogen-bond donors (Lipinski definition) is 1. The van der Waals surface area contributed by atoms with E-state index >= 15 is 0 Å². The first kappa shape index (κ1) is 17.3. The van der Waals surface area contributed by atoms with Gasteiger partial charge in [-0.25, -0.2) is 4.98 Å². The van der Waals surface area contributed by atoms with E-state index < -0.39 is 22.7 Å². The van der Waals surface area contributed by atoms with Crippen molar-refractivity contribution in [3.05, 3.63) is 38.6 Å². The number of pyridine rings is 1. The maximum atomic E-state index is 13.6. The molecule has 0 aromatic carbocycles. The van der Waals surface area contributed by atoms with Crippen LogP contribution in [0.1, 0.15) is 18.2 Å². The van der Waals surface area contributed by atoms with E-state index in [0.717, 1.165) is 6.07 Å². The van der Waals surface area contributed by atoms with Gasteiger partial charge in [0.15, 0.2) is 4.77 Å². The smallest absolute Gasteiger partial charge is 0.306 e. The minimum atomic E-state index is -4.71. The first-order chi connectivity index (χ1) is 11.6. The third-order valence-corrected chi connectivity index (χ3v) is 4.43. The fourth-order valence-corrected chi connectivity index (χ4v) is 2.90. The Hall–Kier alpha value is -2.49. The lowest BCUT2D eigenvalue weighted by molar-refractivity contribution is -0.136. The van der Waals surface area contributed by atoms with Crippen molar-refractivity contribution in [3.8, 4) is 11.3 Å². The molecule has 3 heterocycles. The van der Waals surface area contributed by atoms with Gasteiger partial charge in [0.2, 0.25) is 0 Å². The lowest BCUT2D eigenvalue weighted by atomic mass is 10.1. The van der Waals surface area contributed by atoms with E-state index in [2.05, 4.69) is 15.1 Å². The second-order valence-electron chi connectivity index (χ2n) is 5.53. The Balaban J connectivity index is 2.47. The van der Waals surface area contributed by atoms with Crippen LogP contribution in [0.25, 0.3) is 22.3 Å². The van der Waals surface area contributed by atoms with Crippen molar-refractivity contribution >= 4 is 23.3 Å². The molecule has 6 nitrogen and oxygen atoms in total. The summed E-state index contributed by atoms with van der Waals surface area (Å²) in [6.07, 6.45) is -3.25. The number of rotatable bonds is 2. The van der Waals surface area contributed by atoms with E-state index in [1.165, 1.54) is 17.8 Å². The highest BCUT2D eigenvalue weighted by atomic mass is 32.1. The highest BCUT2D eigenvalue weighted by Gasteiger charge is 2.35. The Labute approximate surface area is 144 Å². The zero-order chi connectivity index (χ0) is 18.5. The largest absolute Gasteiger partial charge is 0.417 e. The highest BCUT2D eigenvalue weighted by Crippen LogP contribution is 2.35. The van der Waals surface area contributed by atoms with E-state index in [1.54, 1.807) is 11.6 Å². The summed E-state index contributed by atoms with van der Waals surface area (Å²) >= 11 is 4.98. The second-order valence-corrected chi connectivity index (χ2v) is 5.92. The molecule has 0 fully saturated rings. The van der Waals surface area contributed by atoms with Crippen LogP contribution in [0.15, 0.2) is 17.1 Å². The topological polar surface area (TPSA) is 68.5 Å². The van der Waals surface area contributed by atoms with Crippen LogP contribution in [0.5, 0.6) is 0 Å². The van der Waals surface area contributed by atoms with Crippen molar-refractivity contribution in [3.63, 3.8) is 0 Å². The van der Waals surface area contributed by atoms with E-state index in [-0.39, 0.29) is 16.1 Å². The van der Waals surface area contributed by atoms with Gasteiger partial charge in [-0.05, 0) is 32.1 Å². The van der Waals surface area contributed by atoms with Crippen LogP contribution in [-0.4, -0.2) is 24.3 Å². The normalized spacial score (nSPS) is 12.1. The summed E-state index contributed by atoms with van der Waals surface area (Å²) in [5, 5.41) is 3.61. The second kappa shape index (κ2) is 5.80. The van der Waals surface area contributed by atoms with Gasteiger partial charge in [0.1, 0.15) is 5.65 Å². The van der Waals surface area contributed by atoms with Gasteiger partial charge < -0.3 is 4.57 Å². The standard InChI is InChI=1S/C15H14F3N5OS/c1-4-23-7(2)8(6-19-23)10-5-9(15(16,17)18)11-12(20-10)22(3)14(25)21-13(11)24/h5-6H,4H2,1-3H3,(H,21,24,25). The number of fused-ring (bicyclic) bond motifs is 1. The summed E-state index contributed by atoms with van der Waals surface area (Å²) in [6.45, 7) is 4.21. The van der Waals surface area contributed by atoms with E-state index in [4.69, 9.17) is 12.2 Å². The van der Waals surface area contributed by atoms with Crippen LogP contribution in [0.4, 0.5) is 13.2 Å². The number of alkyl halides is 3. The molecule has 0 unspecified atom stereocenters. The van der Waals surface area contributed by atoms with Crippen molar-refractivity contribution in [2.24, 2.45) is 7.05 Å². The van der Waals surface area contributed by atoms with Crippen molar-refractivity contribution in [1.29, 1.82) is 0 Å². The van der Waals surface area contributed by atoms with Crippen LogP contribution in [0, 0.1) is 11.7 Å².